The average molecular weight is 370 g/mol. The second kappa shape index (κ2) is 12.2. The van der Waals surface area contributed by atoms with Crippen LogP contribution in [0, 0.1) is 0 Å². The number of rotatable bonds is 14. The Kier molecular flexibility index (Phi) is 10.7. The Labute approximate surface area is 151 Å². The normalized spacial score (nSPS) is 11.5. The van der Waals surface area contributed by atoms with Gasteiger partial charge in [-0.1, -0.05) is 64.7 Å². The molecule has 0 aromatic heterocycles. The van der Waals surface area contributed by atoms with Crippen LogP contribution in [-0.2, 0) is 4.57 Å². The van der Waals surface area contributed by atoms with Crippen molar-refractivity contribution in [1.29, 1.82) is 0 Å². The zero-order valence-electron chi connectivity index (χ0n) is 15.2. The zero-order valence-corrected chi connectivity index (χ0v) is 16.0. The number of carbonyl (C=O) groups excluding carboxylic acids is 1. The molecule has 6 heteroatoms. The predicted octanol–water partition coefficient (Wildman–Crippen LogP) is 5.65. The van der Waals surface area contributed by atoms with Crippen molar-refractivity contribution in [3.05, 3.63) is 29.8 Å². The molecule has 0 radical (unpaired) electrons. The molecule has 25 heavy (non-hydrogen) atoms. The maximum Gasteiger partial charge on any atom is 0.524 e. The number of benzene rings is 1. The van der Waals surface area contributed by atoms with Crippen LogP contribution in [-0.4, -0.2) is 15.6 Å². The Morgan fingerprint density at radius 3 is 1.84 bits per heavy atom. The highest BCUT2D eigenvalue weighted by Gasteiger charge is 2.16. The van der Waals surface area contributed by atoms with Crippen LogP contribution in [0.3, 0.4) is 0 Å². The molecule has 2 N–H and O–H groups in total. The summed E-state index contributed by atoms with van der Waals surface area (Å²) in [6.07, 6.45) is 12.8. The third-order valence-corrected chi connectivity index (χ3v) is 4.61. The van der Waals surface area contributed by atoms with Crippen molar-refractivity contribution < 1.29 is 23.7 Å². The van der Waals surface area contributed by atoms with Gasteiger partial charge < -0.3 is 4.52 Å². The van der Waals surface area contributed by atoms with Gasteiger partial charge in [-0.2, -0.15) is 0 Å². The van der Waals surface area contributed by atoms with E-state index in [4.69, 9.17) is 9.79 Å². The lowest BCUT2D eigenvalue weighted by molar-refractivity contribution is 0.0979. The van der Waals surface area contributed by atoms with Crippen molar-refractivity contribution in [3.8, 4) is 5.75 Å². The van der Waals surface area contributed by atoms with Gasteiger partial charge in [-0.3, -0.25) is 14.6 Å². The number of ketones is 1. The summed E-state index contributed by atoms with van der Waals surface area (Å²) in [6, 6.07) is 5.91. The van der Waals surface area contributed by atoms with Crippen LogP contribution < -0.4 is 4.52 Å². The molecule has 0 aliphatic rings. The predicted molar refractivity (Wildman–Crippen MR) is 99.9 cm³/mol. The highest BCUT2D eigenvalue weighted by atomic mass is 31.2. The van der Waals surface area contributed by atoms with Crippen molar-refractivity contribution in [3.63, 3.8) is 0 Å². The van der Waals surface area contributed by atoms with Crippen molar-refractivity contribution in [1.82, 2.24) is 0 Å². The SMILES string of the molecule is CCCCCCCCCCCCC(=O)c1ccc(OP(=O)(O)O)cc1. The minimum atomic E-state index is -4.55. The van der Waals surface area contributed by atoms with Gasteiger partial charge in [-0.25, -0.2) is 4.57 Å². The lowest BCUT2D eigenvalue weighted by atomic mass is 10.0. The highest BCUT2D eigenvalue weighted by molar-refractivity contribution is 7.46. The summed E-state index contributed by atoms with van der Waals surface area (Å²) in [4.78, 5) is 29.5. The summed E-state index contributed by atoms with van der Waals surface area (Å²) in [5.74, 6) is 0.117. The smallest absolute Gasteiger partial charge is 0.404 e. The van der Waals surface area contributed by atoms with Gasteiger partial charge in [-0.15, -0.1) is 0 Å². The minimum Gasteiger partial charge on any atom is -0.404 e. The van der Waals surface area contributed by atoms with Crippen molar-refractivity contribution in [2.75, 3.05) is 0 Å². The molecule has 0 saturated carbocycles. The molecule has 0 saturated heterocycles. The van der Waals surface area contributed by atoms with Crippen LogP contribution in [0.5, 0.6) is 5.75 Å². The minimum absolute atomic E-state index is 0.0577. The van der Waals surface area contributed by atoms with Crippen LogP contribution >= 0.6 is 7.82 Å². The molecular weight excluding hydrogens is 339 g/mol. The Bertz CT molecular complexity index is 535. The first kappa shape index (κ1) is 21.9. The summed E-state index contributed by atoms with van der Waals surface area (Å²) >= 11 is 0. The summed E-state index contributed by atoms with van der Waals surface area (Å²) in [6.45, 7) is 2.23. The molecule has 5 nitrogen and oxygen atoms in total. The average Bonchev–Trinajstić information content (AvgIpc) is 2.55. The van der Waals surface area contributed by atoms with E-state index in [1.165, 1.54) is 63.5 Å². The molecule has 0 aliphatic heterocycles. The number of Topliss-reactive ketones (excluding diaryl/α,β-unsaturated/α-hetero) is 1. The fourth-order valence-electron chi connectivity index (χ4n) is 2.76. The highest BCUT2D eigenvalue weighted by Crippen LogP contribution is 2.37. The number of unbranched alkanes of at least 4 members (excludes halogenated alkanes) is 9. The quantitative estimate of drug-likeness (QED) is 0.251. The Hall–Kier alpha value is -1.16. The molecule has 0 spiro atoms. The third-order valence-electron chi connectivity index (χ3n) is 4.16. The van der Waals surface area contributed by atoms with Crippen LogP contribution in [0.15, 0.2) is 24.3 Å². The standard InChI is InChI=1S/C19H31O5P/c1-2-3-4-5-6-7-8-9-10-11-12-19(20)17-13-15-18(16-14-17)24-25(21,22)23/h13-16H,2-12H2,1H3,(H2,21,22,23). The van der Waals surface area contributed by atoms with E-state index >= 15 is 0 Å². The fourth-order valence-corrected chi connectivity index (χ4v) is 3.15. The van der Waals surface area contributed by atoms with E-state index in [1.807, 2.05) is 0 Å². The largest absolute Gasteiger partial charge is 0.524 e. The number of carbonyl (C=O) groups is 1. The Morgan fingerprint density at radius 2 is 1.36 bits per heavy atom. The van der Waals surface area contributed by atoms with Gasteiger partial charge >= 0.3 is 7.82 Å². The van der Waals surface area contributed by atoms with Gasteiger partial charge in [0.2, 0.25) is 0 Å². The van der Waals surface area contributed by atoms with E-state index in [2.05, 4.69) is 11.4 Å². The van der Waals surface area contributed by atoms with Gasteiger partial charge in [0.05, 0.1) is 0 Å². The monoisotopic (exact) mass is 370 g/mol. The molecule has 0 amide bonds. The summed E-state index contributed by atoms with van der Waals surface area (Å²) in [7, 11) is -4.55. The second-order valence-corrected chi connectivity index (χ2v) is 7.63. The molecule has 0 atom stereocenters. The molecular formula is C19H31O5P. The molecule has 1 aromatic carbocycles. The van der Waals surface area contributed by atoms with Crippen molar-refractivity contribution in [2.24, 2.45) is 0 Å². The molecule has 142 valence electrons. The lowest BCUT2D eigenvalue weighted by Crippen LogP contribution is -1.99. The van der Waals surface area contributed by atoms with E-state index < -0.39 is 7.82 Å². The molecule has 0 aliphatic carbocycles. The van der Waals surface area contributed by atoms with Gasteiger partial charge in [-0.05, 0) is 30.7 Å². The maximum atomic E-state index is 12.1. The van der Waals surface area contributed by atoms with Crippen LogP contribution in [0.4, 0.5) is 0 Å². The Balaban J connectivity index is 2.13. The maximum absolute atomic E-state index is 12.1. The van der Waals surface area contributed by atoms with E-state index in [1.54, 1.807) is 12.1 Å². The van der Waals surface area contributed by atoms with Gasteiger partial charge in [0, 0.05) is 12.0 Å². The number of hydrogen-bond acceptors (Lipinski definition) is 3. The van der Waals surface area contributed by atoms with Crippen molar-refractivity contribution >= 4 is 13.6 Å². The van der Waals surface area contributed by atoms with E-state index in [-0.39, 0.29) is 11.5 Å². The first-order valence-electron chi connectivity index (χ1n) is 9.31. The third kappa shape index (κ3) is 11.1. The van der Waals surface area contributed by atoms with Gasteiger partial charge in [0.15, 0.2) is 5.78 Å². The summed E-state index contributed by atoms with van der Waals surface area (Å²) in [5, 5.41) is 0. The fraction of sp³-hybridized carbons (Fsp3) is 0.632. The van der Waals surface area contributed by atoms with Crippen molar-refractivity contribution in [2.45, 2.75) is 77.6 Å². The number of phosphoric ester groups is 1. The lowest BCUT2D eigenvalue weighted by Gasteiger charge is -2.07. The second-order valence-electron chi connectivity index (χ2n) is 6.46. The van der Waals surface area contributed by atoms with E-state index in [9.17, 15) is 9.36 Å². The number of hydrogen-bond donors (Lipinski definition) is 2. The van der Waals surface area contributed by atoms with Gasteiger partial charge in [0.25, 0.3) is 0 Å². The first-order valence-corrected chi connectivity index (χ1v) is 10.8. The first-order chi connectivity index (χ1) is 11.9. The van der Waals surface area contributed by atoms with Crippen LogP contribution in [0.25, 0.3) is 0 Å². The molecule has 0 unspecified atom stereocenters. The Morgan fingerprint density at radius 1 is 0.880 bits per heavy atom. The zero-order chi connectivity index (χ0) is 18.5. The molecule has 0 heterocycles. The van der Waals surface area contributed by atoms with Crippen LogP contribution in [0.2, 0.25) is 0 Å². The molecule has 1 rings (SSSR count). The molecule has 0 bridgehead atoms. The van der Waals surface area contributed by atoms with Gasteiger partial charge in [0.1, 0.15) is 5.75 Å². The molecule has 1 aromatic rings. The van der Waals surface area contributed by atoms with E-state index in [0.29, 0.717) is 12.0 Å². The summed E-state index contributed by atoms with van der Waals surface area (Å²) in [5.41, 5.74) is 0.550. The van der Waals surface area contributed by atoms with E-state index in [0.717, 1.165) is 12.8 Å². The summed E-state index contributed by atoms with van der Waals surface area (Å²) < 4.78 is 15.2. The molecule has 0 fully saturated rings. The topological polar surface area (TPSA) is 83.8 Å². The van der Waals surface area contributed by atoms with Crippen LogP contribution in [0.1, 0.15) is 87.9 Å². The number of phosphoric acid groups is 1.